The number of fused-ring (bicyclic) bond motifs is 2. The maximum atomic E-state index is 12.6. The number of H-pyrrole nitrogens is 1. The molecular weight excluding hydrogens is 357 g/mol. The number of aryl methyl sites for hydroxylation is 1. The molecule has 0 unspecified atom stereocenters. The van der Waals surface area contributed by atoms with Crippen LogP contribution in [0.5, 0.6) is 0 Å². The number of aromatic amines is 1. The second-order valence-corrected chi connectivity index (χ2v) is 6.09. The van der Waals surface area contributed by atoms with Crippen LogP contribution in [0.25, 0.3) is 21.9 Å². The normalized spacial score (nSPS) is 11.9. The lowest BCUT2D eigenvalue weighted by molar-refractivity contribution is -0.115. The van der Waals surface area contributed by atoms with E-state index in [2.05, 4.69) is 30.6 Å². The standard InChI is InChI=1S/C18H15F3N6/c1-10-2-3-11-8-12(4-5-14(11)24-10)25-17-26-15-13(6-7-22-15)16(27-17)23-9-18(19,20)21/h2-8H,9H2,1H3,(H3,22,23,25,26,27). The molecule has 3 N–H and O–H groups in total. The molecule has 0 aliphatic carbocycles. The molecule has 0 saturated carbocycles. The molecule has 0 radical (unpaired) electrons. The molecule has 0 atom stereocenters. The van der Waals surface area contributed by atoms with Crippen LogP contribution in [0.15, 0.2) is 42.6 Å². The SMILES string of the molecule is Cc1ccc2cc(Nc3nc(NCC(F)(F)F)c4cc[nH]c4n3)ccc2n1. The molecule has 0 bridgehead atoms. The highest BCUT2D eigenvalue weighted by Crippen LogP contribution is 2.26. The van der Waals surface area contributed by atoms with Gasteiger partial charge in [-0.05, 0) is 37.3 Å². The number of rotatable bonds is 4. The predicted molar refractivity (Wildman–Crippen MR) is 98.2 cm³/mol. The summed E-state index contributed by atoms with van der Waals surface area (Å²) in [4.78, 5) is 15.8. The zero-order valence-corrected chi connectivity index (χ0v) is 14.2. The van der Waals surface area contributed by atoms with Gasteiger partial charge in [-0.3, -0.25) is 4.98 Å². The molecule has 0 amide bonds. The van der Waals surface area contributed by atoms with E-state index in [4.69, 9.17) is 0 Å². The molecule has 4 aromatic rings. The first-order chi connectivity index (χ1) is 12.9. The van der Waals surface area contributed by atoms with Gasteiger partial charge in [0.2, 0.25) is 5.95 Å². The maximum absolute atomic E-state index is 12.6. The van der Waals surface area contributed by atoms with Crippen LogP contribution in [0.2, 0.25) is 0 Å². The van der Waals surface area contributed by atoms with Crippen LogP contribution >= 0.6 is 0 Å². The third kappa shape index (κ3) is 3.76. The van der Waals surface area contributed by atoms with Crippen molar-refractivity contribution >= 4 is 39.4 Å². The first kappa shape index (κ1) is 17.1. The van der Waals surface area contributed by atoms with E-state index in [0.29, 0.717) is 16.7 Å². The van der Waals surface area contributed by atoms with E-state index in [-0.39, 0.29) is 11.8 Å². The number of hydrogen-bond donors (Lipinski definition) is 3. The molecule has 0 fully saturated rings. The molecule has 4 rings (SSSR count). The van der Waals surface area contributed by atoms with Crippen molar-refractivity contribution in [2.75, 3.05) is 17.2 Å². The summed E-state index contributed by atoms with van der Waals surface area (Å²) in [6, 6.07) is 11.1. The summed E-state index contributed by atoms with van der Waals surface area (Å²) in [5, 5.41) is 6.79. The fourth-order valence-electron chi connectivity index (χ4n) is 2.75. The quantitative estimate of drug-likeness (QED) is 0.490. The third-order valence-corrected chi connectivity index (χ3v) is 3.96. The fraction of sp³-hybridized carbons (Fsp3) is 0.167. The van der Waals surface area contributed by atoms with E-state index in [1.165, 1.54) is 0 Å². The summed E-state index contributed by atoms with van der Waals surface area (Å²) >= 11 is 0. The first-order valence-corrected chi connectivity index (χ1v) is 8.18. The van der Waals surface area contributed by atoms with Gasteiger partial charge in [-0.25, -0.2) is 0 Å². The zero-order valence-electron chi connectivity index (χ0n) is 14.2. The number of aromatic nitrogens is 4. The highest BCUT2D eigenvalue weighted by molar-refractivity contribution is 5.89. The van der Waals surface area contributed by atoms with Gasteiger partial charge in [0, 0.05) is 23.0 Å². The molecule has 1 aromatic carbocycles. The summed E-state index contributed by atoms with van der Waals surface area (Å²) in [5.74, 6) is 0.299. The summed E-state index contributed by atoms with van der Waals surface area (Å²) in [6.07, 6.45) is -2.74. The lowest BCUT2D eigenvalue weighted by atomic mass is 10.2. The Hall–Kier alpha value is -3.36. The fourth-order valence-corrected chi connectivity index (χ4v) is 2.75. The van der Waals surface area contributed by atoms with Crippen molar-refractivity contribution in [2.45, 2.75) is 13.1 Å². The minimum absolute atomic E-state index is 0.110. The highest BCUT2D eigenvalue weighted by Gasteiger charge is 2.27. The Kier molecular flexibility index (Phi) is 4.06. The molecule has 6 nitrogen and oxygen atoms in total. The van der Waals surface area contributed by atoms with Crippen molar-refractivity contribution in [2.24, 2.45) is 0 Å². The van der Waals surface area contributed by atoms with Gasteiger partial charge in [-0.15, -0.1) is 0 Å². The van der Waals surface area contributed by atoms with Crippen molar-refractivity contribution in [3.05, 3.63) is 48.3 Å². The largest absolute Gasteiger partial charge is 0.405 e. The third-order valence-electron chi connectivity index (χ3n) is 3.96. The van der Waals surface area contributed by atoms with Crippen LogP contribution < -0.4 is 10.6 Å². The Morgan fingerprint density at radius 1 is 1.04 bits per heavy atom. The number of alkyl halides is 3. The molecule has 0 aliphatic heterocycles. The van der Waals surface area contributed by atoms with E-state index in [0.717, 1.165) is 16.6 Å². The van der Waals surface area contributed by atoms with Gasteiger partial charge in [-0.2, -0.15) is 23.1 Å². The monoisotopic (exact) mass is 372 g/mol. The van der Waals surface area contributed by atoms with Crippen molar-refractivity contribution < 1.29 is 13.2 Å². The van der Waals surface area contributed by atoms with E-state index >= 15 is 0 Å². The minimum Gasteiger partial charge on any atom is -0.360 e. The molecule has 3 heterocycles. The van der Waals surface area contributed by atoms with Gasteiger partial charge in [-0.1, -0.05) is 6.07 Å². The Balaban J connectivity index is 1.66. The molecule has 9 heteroatoms. The molecule has 138 valence electrons. The summed E-state index contributed by atoms with van der Waals surface area (Å²) in [5.41, 5.74) is 2.93. The molecule has 27 heavy (non-hydrogen) atoms. The van der Waals surface area contributed by atoms with Crippen LogP contribution in [-0.4, -0.2) is 32.7 Å². The van der Waals surface area contributed by atoms with Gasteiger partial charge in [0.05, 0.1) is 10.9 Å². The molecule has 3 aromatic heterocycles. The minimum atomic E-state index is -4.34. The Labute approximate surface area is 151 Å². The summed E-state index contributed by atoms with van der Waals surface area (Å²) < 4.78 is 37.7. The van der Waals surface area contributed by atoms with Gasteiger partial charge in [0.1, 0.15) is 18.0 Å². The number of hydrogen-bond acceptors (Lipinski definition) is 5. The first-order valence-electron chi connectivity index (χ1n) is 8.18. The molecular formula is C18H15F3N6. The number of halogens is 3. The van der Waals surface area contributed by atoms with E-state index < -0.39 is 12.7 Å². The predicted octanol–water partition coefficient (Wildman–Crippen LogP) is 4.53. The lowest BCUT2D eigenvalue weighted by Gasteiger charge is -2.12. The van der Waals surface area contributed by atoms with Gasteiger partial charge in [0.15, 0.2) is 0 Å². The van der Waals surface area contributed by atoms with Crippen LogP contribution in [-0.2, 0) is 0 Å². The van der Waals surface area contributed by atoms with E-state index in [1.54, 1.807) is 12.3 Å². The van der Waals surface area contributed by atoms with Gasteiger partial charge < -0.3 is 15.6 Å². The van der Waals surface area contributed by atoms with Crippen molar-refractivity contribution in [1.29, 1.82) is 0 Å². The average molecular weight is 372 g/mol. The second-order valence-electron chi connectivity index (χ2n) is 6.09. The highest BCUT2D eigenvalue weighted by atomic mass is 19.4. The number of anilines is 3. The number of pyridine rings is 1. The van der Waals surface area contributed by atoms with Crippen molar-refractivity contribution in [3.63, 3.8) is 0 Å². The number of nitrogens with one attached hydrogen (secondary N) is 3. The van der Waals surface area contributed by atoms with Crippen LogP contribution in [0.4, 0.5) is 30.6 Å². The van der Waals surface area contributed by atoms with Crippen LogP contribution in [0.1, 0.15) is 5.69 Å². The average Bonchev–Trinajstić information content (AvgIpc) is 3.08. The number of benzene rings is 1. The lowest BCUT2D eigenvalue weighted by Crippen LogP contribution is -2.22. The van der Waals surface area contributed by atoms with Crippen molar-refractivity contribution in [1.82, 2.24) is 19.9 Å². The van der Waals surface area contributed by atoms with Crippen LogP contribution in [0.3, 0.4) is 0 Å². The Morgan fingerprint density at radius 2 is 1.89 bits per heavy atom. The van der Waals surface area contributed by atoms with Gasteiger partial charge >= 0.3 is 6.18 Å². The number of nitrogens with zero attached hydrogens (tertiary/aromatic N) is 3. The van der Waals surface area contributed by atoms with Crippen LogP contribution in [0, 0.1) is 6.92 Å². The molecule has 0 spiro atoms. The Bertz CT molecular complexity index is 1120. The maximum Gasteiger partial charge on any atom is 0.405 e. The molecule has 0 saturated heterocycles. The smallest absolute Gasteiger partial charge is 0.360 e. The second kappa shape index (κ2) is 6.42. The topological polar surface area (TPSA) is 78.5 Å². The summed E-state index contributed by atoms with van der Waals surface area (Å²) in [7, 11) is 0. The van der Waals surface area contributed by atoms with E-state index in [1.807, 2.05) is 37.3 Å². The van der Waals surface area contributed by atoms with Gasteiger partial charge in [0.25, 0.3) is 0 Å². The Morgan fingerprint density at radius 3 is 2.70 bits per heavy atom. The van der Waals surface area contributed by atoms with E-state index in [9.17, 15) is 13.2 Å². The summed E-state index contributed by atoms with van der Waals surface area (Å²) in [6.45, 7) is 0.741. The van der Waals surface area contributed by atoms with Crippen molar-refractivity contribution in [3.8, 4) is 0 Å². The zero-order chi connectivity index (χ0) is 19.0. The molecule has 0 aliphatic rings.